The topological polar surface area (TPSA) is 70.6 Å². The Morgan fingerprint density at radius 3 is 2.52 bits per heavy atom. The van der Waals surface area contributed by atoms with Crippen molar-refractivity contribution >= 4 is 18.0 Å². The third kappa shape index (κ3) is 8.26. The molecule has 0 aliphatic carbocycles. The van der Waals surface area contributed by atoms with Crippen LogP contribution in [0.4, 0.5) is 0 Å². The number of aliphatic imine (C=N–C) groups is 1. The Morgan fingerprint density at radius 2 is 2.00 bits per heavy atom. The van der Waals surface area contributed by atoms with E-state index in [1.807, 2.05) is 14.0 Å². The number of rotatable bonds is 10. The van der Waals surface area contributed by atoms with Crippen LogP contribution in [0.3, 0.4) is 0 Å². The number of amides is 2. The minimum Gasteiger partial charge on any atom is -0.359 e. The quantitative estimate of drug-likeness (QED) is 0.363. The number of nitrogens with one attached hydrogen (secondary N) is 2. The summed E-state index contributed by atoms with van der Waals surface area (Å²) in [5.74, 6) is 1.41. The van der Waals surface area contributed by atoms with Crippen molar-refractivity contribution in [1.82, 2.24) is 10.6 Å². The van der Waals surface area contributed by atoms with Crippen LogP contribution in [0.15, 0.2) is 4.99 Å². The van der Waals surface area contributed by atoms with Gasteiger partial charge in [-0.2, -0.15) is 0 Å². The minimum absolute atomic E-state index is 0.194. The zero-order chi connectivity index (χ0) is 16.1. The molecular weight excluding hydrogens is 266 g/mol. The number of carbonyl (C=O) groups is 2. The lowest BCUT2D eigenvalue weighted by Crippen LogP contribution is -2.33. The first kappa shape index (κ1) is 19.3. The second-order valence-corrected chi connectivity index (χ2v) is 4.91. The first-order valence-corrected chi connectivity index (χ1v) is 7.50. The van der Waals surface area contributed by atoms with Crippen LogP contribution in [0.1, 0.15) is 39.0 Å². The van der Waals surface area contributed by atoms with E-state index in [0.717, 1.165) is 25.8 Å². The zero-order valence-corrected chi connectivity index (χ0v) is 13.3. The number of unbranched alkanes of at least 4 members (excludes halogenated alkanes) is 2. The van der Waals surface area contributed by atoms with Gasteiger partial charge in [0.15, 0.2) is 0 Å². The molecule has 2 atom stereocenters. The molecule has 21 heavy (non-hydrogen) atoms. The molecule has 0 spiro atoms. The summed E-state index contributed by atoms with van der Waals surface area (Å²) in [5.41, 5.74) is 0. The van der Waals surface area contributed by atoms with Crippen LogP contribution in [0.5, 0.6) is 0 Å². The molecule has 118 valence electrons. The molecule has 5 nitrogen and oxygen atoms in total. The fraction of sp³-hybridized carbons (Fsp3) is 0.688. The van der Waals surface area contributed by atoms with Gasteiger partial charge in [-0.25, -0.2) is 4.99 Å². The van der Waals surface area contributed by atoms with Crippen LogP contribution >= 0.6 is 0 Å². The second-order valence-electron chi connectivity index (χ2n) is 4.91. The molecule has 2 N–H and O–H groups in total. The third-order valence-electron chi connectivity index (χ3n) is 3.33. The summed E-state index contributed by atoms with van der Waals surface area (Å²) < 4.78 is 0. The molecule has 5 heteroatoms. The van der Waals surface area contributed by atoms with Gasteiger partial charge < -0.3 is 10.6 Å². The number of terminal acetylenes is 1. The van der Waals surface area contributed by atoms with Gasteiger partial charge >= 0.3 is 0 Å². The Labute approximate surface area is 128 Å². The van der Waals surface area contributed by atoms with Crippen LogP contribution in [-0.4, -0.2) is 38.7 Å². The summed E-state index contributed by atoms with van der Waals surface area (Å²) in [6.07, 6.45) is 10.8. The van der Waals surface area contributed by atoms with Crippen molar-refractivity contribution in [3.63, 3.8) is 0 Å². The molecule has 0 saturated carbocycles. The minimum atomic E-state index is -0.543. The summed E-state index contributed by atoms with van der Waals surface area (Å²) in [5, 5.41) is 5.62. The summed E-state index contributed by atoms with van der Waals surface area (Å²) in [7, 11) is 3.46. The third-order valence-corrected chi connectivity index (χ3v) is 3.33. The maximum atomic E-state index is 11.8. The van der Waals surface area contributed by atoms with Gasteiger partial charge in [0, 0.05) is 25.6 Å². The summed E-state index contributed by atoms with van der Waals surface area (Å²) in [6, 6.07) is 0. The molecule has 0 aromatic heterocycles. The molecule has 0 bridgehead atoms. The smallest absolute Gasteiger partial charge is 0.245 e. The summed E-state index contributed by atoms with van der Waals surface area (Å²) in [4.78, 5) is 27.4. The highest BCUT2D eigenvalue weighted by Crippen LogP contribution is 2.14. The second kappa shape index (κ2) is 12.1. The molecule has 0 aliphatic heterocycles. The van der Waals surface area contributed by atoms with Gasteiger partial charge in [-0.05, 0) is 32.9 Å². The first-order chi connectivity index (χ1) is 10.1. The summed E-state index contributed by atoms with van der Waals surface area (Å²) in [6.45, 7) is 2.87. The monoisotopic (exact) mass is 293 g/mol. The predicted octanol–water partition coefficient (Wildman–Crippen LogP) is 1.39. The molecule has 0 aromatic carbocycles. The van der Waals surface area contributed by atoms with Gasteiger partial charge in [0.25, 0.3) is 0 Å². The van der Waals surface area contributed by atoms with Crippen molar-refractivity contribution in [1.29, 1.82) is 0 Å². The van der Waals surface area contributed by atoms with Gasteiger partial charge in [-0.15, -0.1) is 12.3 Å². The molecule has 2 amide bonds. The van der Waals surface area contributed by atoms with Crippen molar-refractivity contribution in [3.05, 3.63) is 0 Å². The lowest BCUT2D eigenvalue weighted by molar-refractivity contribution is -0.123. The van der Waals surface area contributed by atoms with E-state index in [2.05, 4.69) is 21.5 Å². The van der Waals surface area contributed by atoms with E-state index in [-0.39, 0.29) is 17.7 Å². The molecule has 0 rings (SSSR count). The van der Waals surface area contributed by atoms with E-state index in [1.165, 1.54) is 6.21 Å². The first-order valence-electron chi connectivity index (χ1n) is 7.50. The normalized spacial score (nSPS) is 13.6. The van der Waals surface area contributed by atoms with Crippen molar-refractivity contribution in [2.45, 2.75) is 39.0 Å². The van der Waals surface area contributed by atoms with Crippen molar-refractivity contribution in [2.24, 2.45) is 16.8 Å². The molecule has 1 unspecified atom stereocenters. The van der Waals surface area contributed by atoms with Crippen LogP contribution in [0, 0.1) is 24.2 Å². The van der Waals surface area contributed by atoms with Crippen molar-refractivity contribution in [3.8, 4) is 12.3 Å². The zero-order valence-electron chi connectivity index (χ0n) is 13.3. The Kier molecular flexibility index (Phi) is 11.1. The SMILES string of the molecule is C#C[C@@H](CC)C(/C=N\C(=O)CCCCCNC)C(=O)NC. The predicted molar refractivity (Wildman–Crippen MR) is 86.1 cm³/mol. The van der Waals surface area contributed by atoms with Crippen molar-refractivity contribution in [2.75, 3.05) is 20.6 Å². The number of hydrogen-bond acceptors (Lipinski definition) is 3. The lowest BCUT2D eigenvalue weighted by Gasteiger charge is -2.15. The van der Waals surface area contributed by atoms with Gasteiger partial charge in [0.05, 0.1) is 5.92 Å². The van der Waals surface area contributed by atoms with Gasteiger partial charge in [0.1, 0.15) is 0 Å². The van der Waals surface area contributed by atoms with Gasteiger partial charge in [-0.3, -0.25) is 9.59 Å². The molecular formula is C16H27N3O2. The number of carbonyl (C=O) groups excluding carboxylic acids is 2. The largest absolute Gasteiger partial charge is 0.359 e. The van der Waals surface area contributed by atoms with Crippen LogP contribution in [0.2, 0.25) is 0 Å². The molecule has 0 aliphatic rings. The summed E-state index contributed by atoms with van der Waals surface area (Å²) >= 11 is 0. The highest BCUT2D eigenvalue weighted by atomic mass is 16.2. The van der Waals surface area contributed by atoms with Gasteiger partial charge in [0.2, 0.25) is 11.8 Å². The van der Waals surface area contributed by atoms with Gasteiger partial charge in [-0.1, -0.05) is 13.3 Å². The van der Waals surface area contributed by atoms with E-state index in [9.17, 15) is 9.59 Å². The van der Waals surface area contributed by atoms with E-state index in [4.69, 9.17) is 6.42 Å². The van der Waals surface area contributed by atoms with E-state index in [1.54, 1.807) is 7.05 Å². The molecule has 0 heterocycles. The molecule has 0 saturated heterocycles. The Morgan fingerprint density at radius 1 is 1.29 bits per heavy atom. The maximum Gasteiger partial charge on any atom is 0.245 e. The Hall–Kier alpha value is -1.67. The van der Waals surface area contributed by atoms with Crippen LogP contribution in [-0.2, 0) is 9.59 Å². The highest BCUT2D eigenvalue weighted by molar-refractivity contribution is 5.97. The lowest BCUT2D eigenvalue weighted by atomic mass is 9.91. The highest BCUT2D eigenvalue weighted by Gasteiger charge is 2.23. The fourth-order valence-corrected chi connectivity index (χ4v) is 1.98. The van der Waals surface area contributed by atoms with Crippen molar-refractivity contribution < 1.29 is 9.59 Å². The van der Waals surface area contributed by atoms with E-state index in [0.29, 0.717) is 12.8 Å². The van der Waals surface area contributed by atoms with Crippen LogP contribution in [0.25, 0.3) is 0 Å². The Bertz CT molecular complexity index is 385. The number of nitrogens with zero attached hydrogens (tertiary/aromatic N) is 1. The molecule has 0 fully saturated rings. The fourth-order valence-electron chi connectivity index (χ4n) is 1.98. The maximum absolute atomic E-state index is 11.8. The average Bonchev–Trinajstić information content (AvgIpc) is 2.50. The van der Waals surface area contributed by atoms with E-state index < -0.39 is 5.92 Å². The standard InChI is InChI=1S/C16H27N3O2/c1-5-13(6-2)14(16(21)18-4)12-19-15(20)10-8-7-9-11-17-3/h1,12-14,17H,6-11H2,2-4H3,(H,18,21)/b19-12-/t13-,14?/m0/s1. The molecule has 0 radical (unpaired) electrons. The Balaban J connectivity index is 4.39. The average molecular weight is 293 g/mol. The van der Waals surface area contributed by atoms with E-state index >= 15 is 0 Å². The van der Waals surface area contributed by atoms with Crippen LogP contribution < -0.4 is 10.6 Å². The number of hydrogen-bond donors (Lipinski definition) is 2. The molecule has 0 aromatic rings.